The van der Waals surface area contributed by atoms with Gasteiger partial charge in [-0.3, -0.25) is 9.79 Å². The van der Waals surface area contributed by atoms with Crippen LogP contribution in [0.1, 0.15) is 69.2 Å². The van der Waals surface area contributed by atoms with Gasteiger partial charge in [0.2, 0.25) is 4.80 Å². The summed E-state index contributed by atoms with van der Waals surface area (Å²) in [4.78, 5) is 18.4. The number of amides is 1. The zero-order chi connectivity index (χ0) is 21.5. The van der Waals surface area contributed by atoms with Gasteiger partial charge in [-0.05, 0) is 37.8 Å². The van der Waals surface area contributed by atoms with E-state index in [1.165, 1.54) is 32.1 Å². The molecule has 1 atom stereocenters. The molecule has 1 aliphatic carbocycles. The van der Waals surface area contributed by atoms with Crippen LogP contribution in [0, 0.1) is 11.3 Å². The minimum Gasteiger partial charge on any atom is -0.351 e. The maximum atomic E-state index is 12.5. The molecule has 30 heavy (non-hydrogen) atoms. The van der Waals surface area contributed by atoms with E-state index in [1.807, 2.05) is 42.9 Å². The van der Waals surface area contributed by atoms with Crippen LogP contribution in [0.5, 0.6) is 0 Å². The molecule has 0 aliphatic heterocycles. The summed E-state index contributed by atoms with van der Waals surface area (Å²) in [6.45, 7) is 4.55. The molecule has 162 valence electrons. The second kappa shape index (κ2) is 10.7. The lowest BCUT2D eigenvalue weighted by molar-refractivity contribution is 0.0950. The fourth-order valence-corrected chi connectivity index (χ4v) is 4.79. The van der Waals surface area contributed by atoms with Gasteiger partial charge in [0.05, 0.1) is 6.04 Å². The van der Waals surface area contributed by atoms with Crippen LogP contribution >= 0.6 is 11.3 Å². The predicted molar refractivity (Wildman–Crippen MR) is 123 cm³/mol. The number of hydrogen-bond acceptors (Lipinski definition) is 5. The highest BCUT2D eigenvalue weighted by Gasteiger charge is 2.15. The molecule has 1 unspecified atom stereocenters. The Kier molecular flexibility index (Phi) is 7.96. The van der Waals surface area contributed by atoms with Gasteiger partial charge in [-0.25, -0.2) is 4.68 Å². The van der Waals surface area contributed by atoms with Gasteiger partial charge in [0, 0.05) is 36.3 Å². The van der Waals surface area contributed by atoms with Crippen molar-refractivity contribution in [3.05, 3.63) is 34.6 Å². The first kappa shape index (κ1) is 22.4. The second-order valence-corrected chi connectivity index (χ2v) is 8.96. The molecule has 1 aromatic heterocycles. The molecule has 1 heterocycles. The average Bonchev–Trinajstić information content (AvgIpc) is 3.14. The van der Waals surface area contributed by atoms with E-state index in [9.17, 15) is 4.79 Å². The zero-order valence-electron chi connectivity index (χ0n) is 18.3. The molecule has 0 saturated heterocycles. The molecule has 1 fully saturated rings. The summed E-state index contributed by atoms with van der Waals surface area (Å²) in [5.41, 5.74) is 2.32. The van der Waals surface area contributed by atoms with Crippen LogP contribution in [0.25, 0.3) is 10.6 Å². The van der Waals surface area contributed by atoms with Crippen molar-refractivity contribution < 1.29 is 4.79 Å². The average molecular weight is 428 g/mol. The maximum absolute atomic E-state index is 12.5. The third kappa shape index (κ3) is 5.65. The molecule has 7 heteroatoms. The van der Waals surface area contributed by atoms with E-state index in [-0.39, 0.29) is 11.8 Å². The Morgan fingerprint density at radius 3 is 2.60 bits per heavy atom. The number of hydrogen-bond donors (Lipinski definition) is 2. The smallest absolute Gasteiger partial charge is 0.251 e. The first-order valence-electron chi connectivity index (χ1n) is 11.1. The van der Waals surface area contributed by atoms with Gasteiger partial charge in [0.1, 0.15) is 5.01 Å². The molecule has 2 aromatic rings. The summed E-state index contributed by atoms with van der Waals surface area (Å²) >= 11 is 1.60. The third-order valence-electron chi connectivity index (χ3n) is 5.84. The largest absolute Gasteiger partial charge is 0.351 e. The zero-order valence-corrected chi connectivity index (χ0v) is 19.1. The van der Waals surface area contributed by atoms with E-state index in [4.69, 9.17) is 10.4 Å². The highest BCUT2D eigenvalue weighted by atomic mass is 32.1. The SMILES string of the molecule is CCC(=N)C(CC)CNC(=O)c1ccc(-c2nn(C)c(=NC3CCCCC3)s2)cc1. The summed E-state index contributed by atoms with van der Waals surface area (Å²) in [5.74, 6) is 0.0152. The van der Waals surface area contributed by atoms with Gasteiger partial charge >= 0.3 is 0 Å². The van der Waals surface area contributed by atoms with E-state index in [0.29, 0.717) is 23.9 Å². The second-order valence-electron chi connectivity index (χ2n) is 8.01. The highest BCUT2D eigenvalue weighted by molar-refractivity contribution is 7.12. The van der Waals surface area contributed by atoms with Crippen LogP contribution in [0.4, 0.5) is 0 Å². The van der Waals surface area contributed by atoms with E-state index < -0.39 is 0 Å². The first-order valence-corrected chi connectivity index (χ1v) is 11.9. The van der Waals surface area contributed by atoms with Crippen molar-refractivity contribution in [1.82, 2.24) is 15.1 Å². The van der Waals surface area contributed by atoms with Crippen LogP contribution in [-0.4, -0.2) is 34.0 Å². The molecule has 3 rings (SSSR count). The predicted octanol–water partition coefficient (Wildman–Crippen LogP) is 4.57. The molecule has 1 aromatic carbocycles. The number of benzene rings is 1. The Hall–Kier alpha value is -2.28. The molecule has 6 nitrogen and oxygen atoms in total. The summed E-state index contributed by atoms with van der Waals surface area (Å²) in [5, 5.41) is 16.5. The lowest BCUT2D eigenvalue weighted by Gasteiger charge is -2.16. The molecule has 1 aliphatic rings. The third-order valence-corrected chi connectivity index (χ3v) is 6.91. The summed E-state index contributed by atoms with van der Waals surface area (Å²) < 4.78 is 1.86. The van der Waals surface area contributed by atoms with Crippen LogP contribution in [0.3, 0.4) is 0 Å². The molecule has 0 bridgehead atoms. The van der Waals surface area contributed by atoms with Gasteiger partial charge in [-0.1, -0.05) is 56.6 Å². The molecule has 1 amide bonds. The van der Waals surface area contributed by atoms with Gasteiger partial charge in [-0.2, -0.15) is 5.10 Å². The fourth-order valence-electron chi connectivity index (χ4n) is 3.83. The number of aromatic nitrogens is 2. The lowest BCUT2D eigenvalue weighted by atomic mass is 9.96. The minimum absolute atomic E-state index is 0.0958. The van der Waals surface area contributed by atoms with Crippen molar-refractivity contribution in [1.29, 1.82) is 5.41 Å². The van der Waals surface area contributed by atoms with Crippen LogP contribution < -0.4 is 10.1 Å². The normalized spacial score (nSPS) is 16.4. The van der Waals surface area contributed by atoms with Crippen LogP contribution in [-0.2, 0) is 7.05 Å². The Balaban J connectivity index is 1.67. The van der Waals surface area contributed by atoms with Gasteiger partial charge in [0.15, 0.2) is 0 Å². The van der Waals surface area contributed by atoms with Crippen molar-refractivity contribution >= 4 is 23.0 Å². The van der Waals surface area contributed by atoms with Crippen molar-refractivity contribution in [3.8, 4) is 10.6 Å². The first-order chi connectivity index (χ1) is 14.5. The Morgan fingerprint density at radius 1 is 1.27 bits per heavy atom. The van der Waals surface area contributed by atoms with Crippen molar-refractivity contribution in [3.63, 3.8) is 0 Å². The van der Waals surface area contributed by atoms with E-state index in [1.54, 1.807) is 11.3 Å². The Bertz CT molecular complexity index is 922. The topological polar surface area (TPSA) is 83.1 Å². The number of aryl methyl sites for hydroxylation is 1. The number of carbonyl (C=O) groups is 1. The van der Waals surface area contributed by atoms with E-state index in [0.717, 1.165) is 28.2 Å². The molecular formula is C23H33N5OS. The quantitative estimate of drug-likeness (QED) is 0.605. The summed E-state index contributed by atoms with van der Waals surface area (Å²) in [6, 6.07) is 8.00. The lowest BCUT2D eigenvalue weighted by Crippen LogP contribution is -2.32. The van der Waals surface area contributed by atoms with Crippen LogP contribution in [0.2, 0.25) is 0 Å². The summed E-state index contributed by atoms with van der Waals surface area (Å²) in [6.07, 6.45) is 7.80. The molecular weight excluding hydrogens is 394 g/mol. The minimum atomic E-state index is -0.0958. The fraction of sp³-hybridized carbons (Fsp3) is 0.565. The standard InChI is InChI=1S/C23H33N5OS/c1-4-16(20(24)5-2)15-25-21(29)17-11-13-18(14-12-17)22-27-28(3)23(30-22)26-19-9-7-6-8-10-19/h11-14,16,19,24H,4-10,15H2,1-3H3,(H,25,29). The van der Waals surface area contributed by atoms with Gasteiger partial charge in [-0.15, -0.1) is 0 Å². The molecule has 0 radical (unpaired) electrons. The van der Waals surface area contributed by atoms with Gasteiger partial charge in [0.25, 0.3) is 5.91 Å². The molecule has 0 spiro atoms. The highest BCUT2D eigenvalue weighted by Crippen LogP contribution is 2.22. The monoisotopic (exact) mass is 427 g/mol. The maximum Gasteiger partial charge on any atom is 0.251 e. The Morgan fingerprint density at radius 2 is 1.97 bits per heavy atom. The number of nitrogens with zero attached hydrogens (tertiary/aromatic N) is 3. The van der Waals surface area contributed by atoms with Crippen LogP contribution in [0.15, 0.2) is 29.3 Å². The summed E-state index contributed by atoms with van der Waals surface area (Å²) in [7, 11) is 1.95. The van der Waals surface area contributed by atoms with Gasteiger partial charge < -0.3 is 10.7 Å². The number of rotatable bonds is 8. The van der Waals surface area contributed by atoms with E-state index in [2.05, 4.69) is 17.3 Å². The number of carbonyl (C=O) groups excluding carboxylic acids is 1. The molecule has 1 saturated carbocycles. The van der Waals surface area contributed by atoms with Crippen molar-refractivity contribution in [2.24, 2.45) is 18.0 Å². The molecule has 2 N–H and O–H groups in total. The van der Waals surface area contributed by atoms with E-state index >= 15 is 0 Å². The Labute approximate surface area is 183 Å². The number of nitrogens with one attached hydrogen (secondary N) is 2. The van der Waals surface area contributed by atoms with Crippen molar-refractivity contribution in [2.75, 3.05) is 6.54 Å². The van der Waals surface area contributed by atoms with Crippen molar-refractivity contribution in [2.45, 2.75) is 64.8 Å².